The predicted molar refractivity (Wildman–Crippen MR) is 114 cm³/mol. The number of aromatic nitrogens is 2. The van der Waals surface area contributed by atoms with E-state index in [1.165, 1.54) is 0 Å². The Balaban J connectivity index is 1.50. The lowest BCUT2D eigenvalue weighted by molar-refractivity contribution is -0.123. The first-order valence-electron chi connectivity index (χ1n) is 10.2. The largest absolute Gasteiger partial charge is 0.363 e. The van der Waals surface area contributed by atoms with Crippen molar-refractivity contribution in [2.45, 2.75) is 57.0 Å². The standard InChI is InChI=1S/C22H31N5O/c1-4-19(16-8-6-5-7-9-16)21(28)24-17-10-12-18(13-11-17)25-22-23-15-14-20(26-22)27(2)3/h5-9,14-15,17-19H,4,10-13H2,1-3H3,(H,24,28)(H,23,25,26). The molecule has 3 rings (SSSR count). The second-order valence-corrected chi connectivity index (χ2v) is 7.71. The van der Waals surface area contributed by atoms with Crippen molar-refractivity contribution in [3.63, 3.8) is 0 Å². The minimum atomic E-state index is -0.0702. The van der Waals surface area contributed by atoms with Gasteiger partial charge in [-0.05, 0) is 43.7 Å². The molecule has 0 bridgehead atoms. The molecule has 0 spiro atoms. The van der Waals surface area contributed by atoms with Crippen LogP contribution in [0.3, 0.4) is 0 Å². The minimum Gasteiger partial charge on any atom is -0.363 e. The number of carbonyl (C=O) groups is 1. The van der Waals surface area contributed by atoms with Crippen LogP contribution in [0.2, 0.25) is 0 Å². The van der Waals surface area contributed by atoms with Gasteiger partial charge in [-0.15, -0.1) is 0 Å². The number of benzene rings is 1. The lowest BCUT2D eigenvalue weighted by Crippen LogP contribution is -2.42. The van der Waals surface area contributed by atoms with Gasteiger partial charge in [0.2, 0.25) is 11.9 Å². The van der Waals surface area contributed by atoms with E-state index in [1.807, 2.05) is 55.4 Å². The topological polar surface area (TPSA) is 70.2 Å². The first-order chi connectivity index (χ1) is 13.6. The summed E-state index contributed by atoms with van der Waals surface area (Å²) >= 11 is 0. The number of nitrogens with zero attached hydrogens (tertiary/aromatic N) is 3. The van der Waals surface area contributed by atoms with Crippen molar-refractivity contribution in [3.8, 4) is 0 Å². The highest BCUT2D eigenvalue weighted by Gasteiger charge is 2.26. The highest BCUT2D eigenvalue weighted by atomic mass is 16.1. The van der Waals surface area contributed by atoms with Crippen LogP contribution in [-0.4, -0.2) is 42.1 Å². The van der Waals surface area contributed by atoms with E-state index >= 15 is 0 Å². The molecule has 1 aliphatic carbocycles. The first kappa shape index (κ1) is 20.1. The Morgan fingerprint density at radius 1 is 1.11 bits per heavy atom. The number of rotatable bonds is 7. The third-order valence-electron chi connectivity index (χ3n) is 5.43. The van der Waals surface area contributed by atoms with E-state index < -0.39 is 0 Å². The first-order valence-corrected chi connectivity index (χ1v) is 10.2. The predicted octanol–water partition coefficient (Wildman–Crippen LogP) is 3.58. The van der Waals surface area contributed by atoms with Crippen LogP contribution in [0.4, 0.5) is 11.8 Å². The summed E-state index contributed by atoms with van der Waals surface area (Å²) in [5.74, 6) is 1.64. The highest BCUT2D eigenvalue weighted by Crippen LogP contribution is 2.24. The molecule has 1 aliphatic rings. The van der Waals surface area contributed by atoms with Crippen LogP contribution in [0.25, 0.3) is 0 Å². The van der Waals surface area contributed by atoms with Gasteiger partial charge in [-0.25, -0.2) is 4.98 Å². The number of amides is 1. The molecule has 6 heteroatoms. The molecule has 150 valence electrons. The maximum Gasteiger partial charge on any atom is 0.227 e. The van der Waals surface area contributed by atoms with E-state index in [0.29, 0.717) is 12.0 Å². The fourth-order valence-electron chi connectivity index (χ4n) is 3.79. The molecule has 0 aliphatic heterocycles. The van der Waals surface area contributed by atoms with E-state index in [9.17, 15) is 4.79 Å². The van der Waals surface area contributed by atoms with Gasteiger partial charge in [0, 0.05) is 32.4 Å². The fourth-order valence-corrected chi connectivity index (χ4v) is 3.79. The van der Waals surface area contributed by atoms with Crippen molar-refractivity contribution >= 4 is 17.7 Å². The number of nitrogens with one attached hydrogen (secondary N) is 2. The van der Waals surface area contributed by atoms with Crippen molar-refractivity contribution in [3.05, 3.63) is 48.2 Å². The molecule has 2 N–H and O–H groups in total. The molecular weight excluding hydrogens is 350 g/mol. The van der Waals surface area contributed by atoms with Gasteiger partial charge in [0.05, 0.1) is 5.92 Å². The highest BCUT2D eigenvalue weighted by molar-refractivity contribution is 5.83. The average Bonchev–Trinajstić information content (AvgIpc) is 2.71. The molecular formula is C22H31N5O. The van der Waals surface area contributed by atoms with Crippen LogP contribution in [-0.2, 0) is 4.79 Å². The van der Waals surface area contributed by atoms with Crippen LogP contribution in [0.5, 0.6) is 0 Å². The molecule has 2 aromatic rings. The van der Waals surface area contributed by atoms with Gasteiger partial charge >= 0.3 is 0 Å². The molecule has 1 saturated carbocycles. The fraction of sp³-hybridized carbons (Fsp3) is 0.500. The zero-order valence-corrected chi connectivity index (χ0v) is 17.1. The number of carbonyl (C=O) groups excluding carboxylic acids is 1. The molecule has 1 unspecified atom stereocenters. The Labute approximate surface area is 167 Å². The van der Waals surface area contributed by atoms with Crippen LogP contribution >= 0.6 is 0 Å². The summed E-state index contributed by atoms with van der Waals surface area (Å²) in [6.07, 6.45) is 6.55. The molecule has 6 nitrogen and oxygen atoms in total. The van der Waals surface area contributed by atoms with Crippen LogP contribution < -0.4 is 15.5 Å². The lowest BCUT2D eigenvalue weighted by atomic mass is 9.89. The van der Waals surface area contributed by atoms with E-state index in [-0.39, 0.29) is 17.9 Å². The quantitative estimate of drug-likeness (QED) is 0.767. The molecule has 0 radical (unpaired) electrons. The smallest absolute Gasteiger partial charge is 0.227 e. The van der Waals surface area contributed by atoms with Crippen molar-refractivity contribution in [2.24, 2.45) is 0 Å². The number of hydrogen-bond donors (Lipinski definition) is 2. The number of hydrogen-bond acceptors (Lipinski definition) is 5. The second kappa shape index (κ2) is 9.53. The Morgan fingerprint density at radius 3 is 2.43 bits per heavy atom. The van der Waals surface area contributed by atoms with Gasteiger partial charge in [0.15, 0.2) is 0 Å². The van der Waals surface area contributed by atoms with Crippen LogP contribution in [0, 0.1) is 0 Å². The maximum absolute atomic E-state index is 12.8. The summed E-state index contributed by atoms with van der Waals surface area (Å²) in [4.78, 5) is 23.6. The zero-order chi connectivity index (χ0) is 19.9. The Kier molecular flexibility index (Phi) is 6.85. The molecule has 0 saturated heterocycles. The third kappa shape index (κ3) is 5.21. The monoisotopic (exact) mass is 381 g/mol. The van der Waals surface area contributed by atoms with E-state index in [4.69, 9.17) is 0 Å². The van der Waals surface area contributed by atoms with Crippen molar-refractivity contribution in [2.75, 3.05) is 24.3 Å². The molecule has 1 amide bonds. The van der Waals surface area contributed by atoms with Gasteiger partial charge < -0.3 is 15.5 Å². The van der Waals surface area contributed by atoms with Crippen molar-refractivity contribution in [1.29, 1.82) is 0 Å². The zero-order valence-electron chi connectivity index (χ0n) is 17.1. The van der Waals surface area contributed by atoms with Crippen molar-refractivity contribution in [1.82, 2.24) is 15.3 Å². The van der Waals surface area contributed by atoms with Gasteiger partial charge in [-0.3, -0.25) is 4.79 Å². The van der Waals surface area contributed by atoms with Gasteiger partial charge in [-0.1, -0.05) is 37.3 Å². The van der Waals surface area contributed by atoms with E-state index in [2.05, 4.69) is 27.5 Å². The summed E-state index contributed by atoms with van der Waals surface area (Å²) in [5.41, 5.74) is 1.09. The summed E-state index contributed by atoms with van der Waals surface area (Å²) < 4.78 is 0. The average molecular weight is 382 g/mol. The van der Waals surface area contributed by atoms with Crippen molar-refractivity contribution < 1.29 is 4.79 Å². The van der Waals surface area contributed by atoms with Gasteiger partial charge in [-0.2, -0.15) is 4.98 Å². The SMILES string of the molecule is CCC(C(=O)NC1CCC(Nc2nccc(N(C)C)n2)CC1)c1ccccc1. The molecule has 1 aromatic carbocycles. The molecule has 1 heterocycles. The van der Waals surface area contributed by atoms with E-state index in [1.54, 1.807) is 6.20 Å². The minimum absolute atomic E-state index is 0.0702. The van der Waals surface area contributed by atoms with Crippen LogP contribution in [0.1, 0.15) is 50.5 Å². The molecule has 1 fully saturated rings. The summed E-state index contributed by atoms with van der Waals surface area (Å²) in [6.45, 7) is 2.07. The Morgan fingerprint density at radius 2 is 1.79 bits per heavy atom. The number of anilines is 2. The second-order valence-electron chi connectivity index (χ2n) is 7.71. The Bertz CT molecular complexity index is 757. The third-order valence-corrected chi connectivity index (χ3v) is 5.43. The summed E-state index contributed by atoms with van der Waals surface area (Å²) in [7, 11) is 3.94. The normalized spacial score (nSPS) is 20.2. The maximum atomic E-state index is 12.8. The van der Waals surface area contributed by atoms with Crippen LogP contribution in [0.15, 0.2) is 42.6 Å². The Hall–Kier alpha value is -2.63. The molecule has 28 heavy (non-hydrogen) atoms. The lowest BCUT2D eigenvalue weighted by Gasteiger charge is -2.30. The summed E-state index contributed by atoms with van der Waals surface area (Å²) in [6, 6.07) is 12.5. The molecule has 1 atom stereocenters. The van der Waals surface area contributed by atoms with Gasteiger partial charge in [0.25, 0.3) is 0 Å². The van der Waals surface area contributed by atoms with Gasteiger partial charge in [0.1, 0.15) is 5.82 Å². The van der Waals surface area contributed by atoms with E-state index in [0.717, 1.165) is 43.5 Å². The summed E-state index contributed by atoms with van der Waals surface area (Å²) in [5, 5.41) is 6.72. The molecule has 1 aromatic heterocycles.